The molecule has 1 aromatic rings. The molecule has 0 saturated heterocycles. The van der Waals surface area contributed by atoms with Crippen LogP contribution in [0.2, 0.25) is 0 Å². The van der Waals surface area contributed by atoms with Crippen LogP contribution in [0.1, 0.15) is 37.3 Å². The highest BCUT2D eigenvalue weighted by atomic mass is 32.2. The van der Waals surface area contributed by atoms with E-state index in [1.807, 2.05) is 6.07 Å². The number of unbranched alkanes of at least 4 members (excludes halogenated alkanes) is 1. The summed E-state index contributed by atoms with van der Waals surface area (Å²) in [6.45, 7) is 2.78. The van der Waals surface area contributed by atoms with Crippen LogP contribution in [0.4, 0.5) is 0 Å². The van der Waals surface area contributed by atoms with E-state index in [1.165, 1.54) is 0 Å². The predicted octanol–water partition coefficient (Wildman–Crippen LogP) is 1.87. The zero-order chi connectivity index (χ0) is 14.6. The minimum atomic E-state index is -3.11. The molecule has 1 heterocycles. The monoisotopic (exact) mass is 295 g/mol. The van der Waals surface area contributed by atoms with Crippen molar-refractivity contribution in [2.45, 2.75) is 43.9 Å². The fraction of sp³-hybridized carbons (Fsp3) is 0.533. The van der Waals surface area contributed by atoms with Gasteiger partial charge in [-0.15, -0.1) is 0 Å². The van der Waals surface area contributed by atoms with Crippen LogP contribution in [0.5, 0.6) is 0 Å². The Kier molecular flexibility index (Phi) is 4.81. The molecule has 4 nitrogen and oxygen atoms in total. The third-order valence-corrected chi connectivity index (χ3v) is 5.43. The average molecular weight is 295 g/mol. The van der Waals surface area contributed by atoms with E-state index in [2.05, 4.69) is 12.2 Å². The Balaban J connectivity index is 2.06. The van der Waals surface area contributed by atoms with Gasteiger partial charge in [0, 0.05) is 6.54 Å². The molecule has 1 N–H and O–H groups in total. The van der Waals surface area contributed by atoms with Gasteiger partial charge in [0.25, 0.3) is 0 Å². The zero-order valence-corrected chi connectivity index (χ0v) is 12.6. The van der Waals surface area contributed by atoms with E-state index >= 15 is 0 Å². The first-order valence-electron chi connectivity index (χ1n) is 7.14. The van der Waals surface area contributed by atoms with E-state index in [9.17, 15) is 13.2 Å². The van der Waals surface area contributed by atoms with Gasteiger partial charge in [-0.1, -0.05) is 25.5 Å². The molecule has 5 heteroatoms. The van der Waals surface area contributed by atoms with Gasteiger partial charge in [0.15, 0.2) is 9.84 Å². The van der Waals surface area contributed by atoms with Crippen molar-refractivity contribution >= 4 is 15.7 Å². The topological polar surface area (TPSA) is 63.2 Å². The fourth-order valence-corrected chi connectivity index (χ4v) is 4.04. The Hall–Kier alpha value is -1.36. The number of rotatable bonds is 5. The van der Waals surface area contributed by atoms with Crippen LogP contribution in [-0.2, 0) is 27.5 Å². The van der Waals surface area contributed by atoms with E-state index in [1.54, 1.807) is 12.1 Å². The van der Waals surface area contributed by atoms with Crippen molar-refractivity contribution in [1.29, 1.82) is 0 Å². The summed E-state index contributed by atoms with van der Waals surface area (Å²) in [5.74, 6) is 0.230. The minimum absolute atomic E-state index is 0.00272. The highest BCUT2D eigenvalue weighted by molar-refractivity contribution is 7.91. The van der Waals surface area contributed by atoms with Gasteiger partial charge in [-0.3, -0.25) is 4.79 Å². The molecular formula is C15H21NO3S. The van der Waals surface area contributed by atoms with Gasteiger partial charge in [0.05, 0.1) is 17.1 Å². The Bertz CT molecular complexity index is 593. The molecular weight excluding hydrogens is 274 g/mol. The predicted molar refractivity (Wildman–Crippen MR) is 78.4 cm³/mol. The number of nitrogens with one attached hydrogen (secondary N) is 1. The van der Waals surface area contributed by atoms with Crippen LogP contribution in [0, 0.1) is 0 Å². The van der Waals surface area contributed by atoms with Gasteiger partial charge in [0.2, 0.25) is 5.91 Å². The molecule has 2 rings (SSSR count). The van der Waals surface area contributed by atoms with Crippen molar-refractivity contribution in [2.75, 3.05) is 12.3 Å². The third-order valence-electron chi connectivity index (χ3n) is 3.54. The molecule has 0 radical (unpaired) electrons. The van der Waals surface area contributed by atoms with Crippen molar-refractivity contribution in [3.63, 3.8) is 0 Å². The van der Waals surface area contributed by atoms with Crippen molar-refractivity contribution in [2.24, 2.45) is 0 Å². The number of carbonyl (C=O) groups is 1. The first kappa shape index (κ1) is 15.0. The molecule has 0 bridgehead atoms. The third kappa shape index (κ3) is 3.60. The number of amides is 1. The second kappa shape index (κ2) is 6.39. The van der Waals surface area contributed by atoms with Crippen LogP contribution >= 0.6 is 0 Å². The summed E-state index contributed by atoms with van der Waals surface area (Å²) in [5.41, 5.74) is 1.74. The van der Waals surface area contributed by atoms with Crippen LogP contribution in [0.15, 0.2) is 23.1 Å². The van der Waals surface area contributed by atoms with Crippen LogP contribution in [0.25, 0.3) is 0 Å². The number of hydrogen-bond donors (Lipinski definition) is 1. The van der Waals surface area contributed by atoms with Gasteiger partial charge in [-0.2, -0.15) is 0 Å². The van der Waals surface area contributed by atoms with E-state index in [-0.39, 0.29) is 11.7 Å². The standard InChI is InChI=1S/C15H21NO3S/c1-2-3-8-16-15(17)11-12-6-7-14-13(10-12)5-4-9-20(14,18)19/h6-7,10H,2-5,8-9,11H2,1H3,(H,16,17). The molecule has 1 aliphatic rings. The van der Waals surface area contributed by atoms with Crippen molar-refractivity contribution in [3.8, 4) is 0 Å². The summed E-state index contributed by atoms with van der Waals surface area (Å²) >= 11 is 0. The lowest BCUT2D eigenvalue weighted by molar-refractivity contribution is -0.120. The second-order valence-corrected chi connectivity index (χ2v) is 7.32. The maximum atomic E-state index is 11.9. The first-order chi connectivity index (χ1) is 9.53. The van der Waals surface area contributed by atoms with Gasteiger partial charge >= 0.3 is 0 Å². The minimum Gasteiger partial charge on any atom is -0.356 e. The molecule has 1 amide bonds. The van der Waals surface area contributed by atoms with Crippen molar-refractivity contribution in [3.05, 3.63) is 29.3 Å². The Labute approximate surface area is 120 Å². The lowest BCUT2D eigenvalue weighted by atomic mass is 10.0. The van der Waals surface area contributed by atoms with E-state index < -0.39 is 9.84 Å². The van der Waals surface area contributed by atoms with Gasteiger partial charge in [-0.25, -0.2) is 8.42 Å². The number of hydrogen-bond acceptors (Lipinski definition) is 3. The summed E-state index contributed by atoms with van der Waals surface area (Å²) in [7, 11) is -3.11. The maximum absolute atomic E-state index is 11.9. The summed E-state index contributed by atoms with van der Waals surface area (Å²) in [4.78, 5) is 12.2. The molecule has 1 aromatic carbocycles. The molecule has 0 aliphatic carbocycles. The van der Waals surface area contributed by atoms with E-state index in [0.717, 1.165) is 30.4 Å². The Morgan fingerprint density at radius 3 is 2.90 bits per heavy atom. The molecule has 1 aliphatic heterocycles. The highest BCUT2D eigenvalue weighted by Gasteiger charge is 2.23. The van der Waals surface area contributed by atoms with E-state index in [4.69, 9.17) is 0 Å². The lowest BCUT2D eigenvalue weighted by Crippen LogP contribution is -2.26. The van der Waals surface area contributed by atoms with Gasteiger partial charge in [-0.05, 0) is 36.5 Å². The zero-order valence-electron chi connectivity index (χ0n) is 11.8. The molecule has 110 valence electrons. The van der Waals surface area contributed by atoms with Crippen molar-refractivity contribution < 1.29 is 13.2 Å². The number of benzene rings is 1. The number of fused-ring (bicyclic) bond motifs is 1. The molecule has 0 saturated carbocycles. The summed E-state index contributed by atoms with van der Waals surface area (Å²) in [6, 6.07) is 5.27. The quantitative estimate of drug-likeness (QED) is 0.843. The summed E-state index contributed by atoms with van der Waals surface area (Å²) < 4.78 is 23.8. The fourth-order valence-electron chi connectivity index (χ4n) is 2.46. The molecule has 0 atom stereocenters. The average Bonchev–Trinajstić information content (AvgIpc) is 2.38. The van der Waals surface area contributed by atoms with Crippen molar-refractivity contribution in [1.82, 2.24) is 5.32 Å². The van der Waals surface area contributed by atoms with Gasteiger partial charge < -0.3 is 5.32 Å². The number of sulfone groups is 1. The smallest absolute Gasteiger partial charge is 0.224 e. The van der Waals surface area contributed by atoms with Gasteiger partial charge in [0.1, 0.15) is 0 Å². The largest absolute Gasteiger partial charge is 0.356 e. The van der Waals surface area contributed by atoms with E-state index in [0.29, 0.717) is 24.3 Å². The Morgan fingerprint density at radius 1 is 1.35 bits per heavy atom. The van der Waals surface area contributed by atoms with Crippen LogP contribution < -0.4 is 5.32 Å². The normalized spacial score (nSPS) is 16.4. The Morgan fingerprint density at radius 2 is 2.15 bits per heavy atom. The first-order valence-corrected chi connectivity index (χ1v) is 8.79. The highest BCUT2D eigenvalue weighted by Crippen LogP contribution is 2.25. The molecule has 0 aromatic heterocycles. The van der Waals surface area contributed by atoms with Crippen LogP contribution in [0.3, 0.4) is 0 Å². The SMILES string of the molecule is CCCCNC(=O)Cc1ccc2c(c1)CCCS2(=O)=O. The molecule has 0 unspecified atom stereocenters. The summed E-state index contributed by atoms with van der Waals surface area (Å²) in [5, 5.41) is 2.87. The summed E-state index contributed by atoms with van der Waals surface area (Å²) in [6.07, 6.45) is 3.80. The molecule has 0 fully saturated rings. The molecule has 0 spiro atoms. The van der Waals surface area contributed by atoms with Crippen LogP contribution in [-0.4, -0.2) is 26.6 Å². The molecule has 20 heavy (non-hydrogen) atoms. The number of aryl methyl sites for hydroxylation is 1. The maximum Gasteiger partial charge on any atom is 0.224 e. The second-order valence-electron chi connectivity index (χ2n) is 5.24. The lowest BCUT2D eigenvalue weighted by Gasteiger charge is -2.17. The number of carbonyl (C=O) groups excluding carboxylic acids is 1.